The molecule has 0 atom stereocenters. The van der Waals surface area contributed by atoms with Crippen LogP contribution >= 0.6 is 0 Å². The summed E-state index contributed by atoms with van der Waals surface area (Å²) in [5, 5.41) is 18.3. The van der Waals surface area contributed by atoms with Crippen LogP contribution in [0.2, 0.25) is 0 Å². The van der Waals surface area contributed by atoms with E-state index >= 15 is 0 Å². The van der Waals surface area contributed by atoms with Gasteiger partial charge in [0.05, 0.1) is 0 Å². The molecule has 0 saturated carbocycles. The van der Waals surface area contributed by atoms with Gasteiger partial charge in [-0.05, 0) is 35.7 Å². The molecule has 0 fully saturated rings. The summed E-state index contributed by atoms with van der Waals surface area (Å²) in [6.07, 6.45) is 0.987. The van der Waals surface area contributed by atoms with E-state index in [2.05, 4.69) is 6.92 Å². The second kappa shape index (κ2) is 6.10. The first-order chi connectivity index (χ1) is 9.60. The molecule has 0 bridgehead atoms. The van der Waals surface area contributed by atoms with Crippen LogP contribution in [-0.4, -0.2) is 16.2 Å². The first kappa shape index (κ1) is 13.9. The van der Waals surface area contributed by atoms with Gasteiger partial charge < -0.3 is 14.9 Å². The third kappa shape index (κ3) is 3.29. The topological polar surface area (TPSA) is 66.8 Å². The summed E-state index contributed by atoms with van der Waals surface area (Å²) in [6.45, 7) is 2.45. The number of carboxylic acids is 1. The second-order valence-electron chi connectivity index (χ2n) is 4.44. The minimum Gasteiger partial charge on any atom is -0.507 e. The van der Waals surface area contributed by atoms with E-state index in [1.807, 2.05) is 24.3 Å². The molecule has 20 heavy (non-hydrogen) atoms. The van der Waals surface area contributed by atoms with E-state index < -0.39 is 5.97 Å². The maximum atomic E-state index is 10.9. The van der Waals surface area contributed by atoms with Gasteiger partial charge in [-0.2, -0.15) is 0 Å². The monoisotopic (exact) mass is 272 g/mol. The van der Waals surface area contributed by atoms with Crippen LogP contribution in [0.1, 0.15) is 28.4 Å². The molecule has 0 unspecified atom stereocenters. The third-order valence-electron chi connectivity index (χ3n) is 3.04. The Morgan fingerprint density at radius 1 is 1.10 bits per heavy atom. The van der Waals surface area contributed by atoms with E-state index in [0.29, 0.717) is 12.4 Å². The van der Waals surface area contributed by atoms with Gasteiger partial charge in [-0.1, -0.05) is 31.2 Å². The van der Waals surface area contributed by atoms with E-state index in [1.165, 1.54) is 17.7 Å². The summed E-state index contributed by atoms with van der Waals surface area (Å²) in [7, 11) is 0. The first-order valence-corrected chi connectivity index (χ1v) is 6.37. The summed E-state index contributed by atoms with van der Waals surface area (Å²) in [4.78, 5) is 10.9. The van der Waals surface area contributed by atoms with Crippen molar-refractivity contribution in [2.45, 2.75) is 20.0 Å². The van der Waals surface area contributed by atoms with Crippen LogP contribution < -0.4 is 4.74 Å². The Hall–Kier alpha value is -2.49. The van der Waals surface area contributed by atoms with Gasteiger partial charge >= 0.3 is 5.97 Å². The maximum Gasteiger partial charge on any atom is 0.339 e. The molecular formula is C16H16O4. The van der Waals surface area contributed by atoms with E-state index in [-0.39, 0.29) is 11.3 Å². The summed E-state index contributed by atoms with van der Waals surface area (Å²) >= 11 is 0. The van der Waals surface area contributed by atoms with Gasteiger partial charge in [0, 0.05) is 0 Å². The van der Waals surface area contributed by atoms with Crippen molar-refractivity contribution in [3.63, 3.8) is 0 Å². The van der Waals surface area contributed by atoms with Crippen LogP contribution in [0.25, 0.3) is 0 Å². The summed E-state index contributed by atoms with van der Waals surface area (Å²) in [5.41, 5.74) is 2.10. The predicted octanol–water partition coefficient (Wildman–Crippen LogP) is 3.23. The van der Waals surface area contributed by atoms with Crippen LogP contribution in [0.15, 0.2) is 42.5 Å². The standard InChI is InChI=1S/C16H16O4/c1-2-11-3-5-12(6-4-11)10-20-13-7-8-15(17)14(9-13)16(18)19/h3-9,17H,2,10H2,1H3,(H,18,19). The van der Waals surface area contributed by atoms with Crippen molar-refractivity contribution in [2.75, 3.05) is 0 Å². The fraction of sp³-hybridized carbons (Fsp3) is 0.188. The Kier molecular flexibility index (Phi) is 4.25. The SMILES string of the molecule is CCc1ccc(COc2ccc(O)c(C(=O)O)c2)cc1. The Morgan fingerprint density at radius 2 is 1.75 bits per heavy atom. The lowest BCUT2D eigenvalue weighted by Crippen LogP contribution is -2.00. The number of hydrogen-bond donors (Lipinski definition) is 2. The number of aromatic carboxylic acids is 1. The number of aryl methyl sites for hydroxylation is 1. The lowest BCUT2D eigenvalue weighted by Gasteiger charge is -2.08. The van der Waals surface area contributed by atoms with Crippen LogP contribution in [0.4, 0.5) is 0 Å². The van der Waals surface area contributed by atoms with E-state index in [1.54, 1.807) is 6.07 Å². The van der Waals surface area contributed by atoms with Gasteiger partial charge in [-0.3, -0.25) is 0 Å². The normalized spacial score (nSPS) is 10.2. The highest BCUT2D eigenvalue weighted by Crippen LogP contribution is 2.23. The lowest BCUT2D eigenvalue weighted by molar-refractivity contribution is 0.0693. The van der Waals surface area contributed by atoms with Gasteiger partial charge in [-0.15, -0.1) is 0 Å². The molecule has 0 aliphatic heterocycles. The fourth-order valence-electron chi connectivity index (χ4n) is 1.81. The number of carboxylic acid groups (broad SMARTS) is 1. The summed E-state index contributed by atoms with van der Waals surface area (Å²) in [5.74, 6) is -1.03. The fourth-order valence-corrected chi connectivity index (χ4v) is 1.81. The zero-order valence-electron chi connectivity index (χ0n) is 11.2. The second-order valence-corrected chi connectivity index (χ2v) is 4.44. The molecular weight excluding hydrogens is 256 g/mol. The number of phenols is 1. The molecule has 2 rings (SSSR count). The minimum atomic E-state index is -1.18. The lowest BCUT2D eigenvalue weighted by atomic mass is 10.1. The Labute approximate surface area is 117 Å². The smallest absolute Gasteiger partial charge is 0.339 e. The van der Waals surface area contributed by atoms with Crippen molar-refractivity contribution >= 4 is 5.97 Å². The van der Waals surface area contributed by atoms with Crippen molar-refractivity contribution < 1.29 is 19.7 Å². The van der Waals surface area contributed by atoms with Crippen molar-refractivity contribution in [2.24, 2.45) is 0 Å². The highest BCUT2D eigenvalue weighted by atomic mass is 16.5. The molecule has 2 aromatic rings. The van der Waals surface area contributed by atoms with Crippen LogP contribution in [0, 0.1) is 0 Å². The molecule has 0 aliphatic carbocycles. The van der Waals surface area contributed by atoms with Crippen LogP contribution in [0.5, 0.6) is 11.5 Å². The van der Waals surface area contributed by atoms with Crippen molar-refractivity contribution in [3.8, 4) is 11.5 Å². The van der Waals surface area contributed by atoms with Gasteiger partial charge in [-0.25, -0.2) is 4.79 Å². The van der Waals surface area contributed by atoms with Gasteiger partial charge in [0.25, 0.3) is 0 Å². The molecule has 0 aliphatic rings. The molecule has 0 spiro atoms. The average molecular weight is 272 g/mol. The Morgan fingerprint density at radius 3 is 2.35 bits per heavy atom. The average Bonchev–Trinajstić information content (AvgIpc) is 2.46. The highest BCUT2D eigenvalue weighted by Gasteiger charge is 2.10. The molecule has 0 radical (unpaired) electrons. The molecule has 104 valence electrons. The molecule has 0 heterocycles. The Balaban J connectivity index is 2.06. The molecule has 0 amide bonds. The van der Waals surface area contributed by atoms with Crippen LogP contribution in [-0.2, 0) is 13.0 Å². The summed E-state index contributed by atoms with van der Waals surface area (Å²) < 4.78 is 5.54. The van der Waals surface area contributed by atoms with Crippen molar-refractivity contribution in [3.05, 3.63) is 59.2 Å². The number of hydrogen-bond acceptors (Lipinski definition) is 3. The molecule has 4 nitrogen and oxygen atoms in total. The molecule has 0 saturated heterocycles. The molecule has 2 aromatic carbocycles. The first-order valence-electron chi connectivity index (χ1n) is 6.37. The predicted molar refractivity (Wildman–Crippen MR) is 75.2 cm³/mol. The third-order valence-corrected chi connectivity index (χ3v) is 3.04. The zero-order chi connectivity index (χ0) is 14.5. The summed E-state index contributed by atoms with van der Waals surface area (Å²) in [6, 6.07) is 12.2. The number of ether oxygens (including phenoxy) is 1. The van der Waals surface area contributed by atoms with E-state index in [0.717, 1.165) is 12.0 Å². The highest BCUT2D eigenvalue weighted by molar-refractivity contribution is 5.91. The van der Waals surface area contributed by atoms with E-state index in [4.69, 9.17) is 9.84 Å². The quantitative estimate of drug-likeness (QED) is 0.877. The van der Waals surface area contributed by atoms with Gasteiger partial charge in [0.2, 0.25) is 0 Å². The zero-order valence-corrected chi connectivity index (χ0v) is 11.2. The van der Waals surface area contributed by atoms with Gasteiger partial charge in [0.1, 0.15) is 23.7 Å². The Bertz CT molecular complexity index is 602. The molecule has 4 heteroatoms. The minimum absolute atomic E-state index is 0.163. The molecule has 0 aromatic heterocycles. The van der Waals surface area contributed by atoms with Crippen LogP contribution in [0.3, 0.4) is 0 Å². The number of rotatable bonds is 5. The van der Waals surface area contributed by atoms with Crippen molar-refractivity contribution in [1.82, 2.24) is 0 Å². The van der Waals surface area contributed by atoms with Gasteiger partial charge in [0.15, 0.2) is 0 Å². The largest absolute Gasteiger partial charge is 0.507 e. The number of aromatic hydroxyl groups is 1. The molecule has 2 N–H and O–H groups in total. The van der Waals surface area contributed by atoms with Crippen molar-refractivity contribution in [1.29, 1.82) is 0 Å². The number of carbonyl (C=O) groups is 1. The number of benzene rings is 2. The van der Waals surface area contributed by atoms with E-state index in [9.17, 15) is 9.90 Å². The maximum absolute atomic E-state index is 10.9.